The van der Waals surface area contributed by atoms with Crippen LogP contribution in [0.5, 0.6) is 11.8 Å². The van der Waals surface area contributed by atoms with Crippen LogP contribution in [0.25, 0.3) is 22.6 Å². The molecule has 0 aliphatic carbocycles. The number of carbonyl (C=O) groups excluding carboxylic acids is 1. The summed E-state index contributed by atoms with van der Waals surface area (Å²) in [4.78, 5) is 23.3. The number of methoxy groups -OCH3 is 2. The van der Waals surface area contributed by atoms with Crippen molar-refractivity contribution < 1.29 is 19.0 Å². The van der Waals surface area contributed by atoms with Crippen molar-refractivity contribution in [1.82, 2.24) is 35.3 Å². The number of imidazole rings is 1. The molecule has 1 aromatic carbocycles. The lowest BCUT2D eigenvalue weighted by molar-refractivity contribution is 0.0342. The predicted molar refractivity (Wildman–Crippen MR) is 123 cm³/mol. The first-order valence-electron chi connectivity index (χ1n) is 10.7. The van der Waals surface area contributed by atoms with E-state index in [1.807, 2.05) is 6.07 Å². The molecular weight excluding hydrogens is 440 g/mol. The van der Waals surface area contributed by atoms with Gasteiger partial charge in [0.05, 0.1) is 50.4 Å². The number of amides is 1. The first-order chi connectivity index (χ1) is 16.6. The Morgan fingerprint density at radius 2 is 2.03 bits per heavy atom. The summed E-state index contributed by atoms with van der Waals surface area (Å²) >= 11 is 0. The first-order valence-corrected chi connectivity index (χ1v) is 10.7. The Balaban J connectivity index is 1.38. The van der Waals surface area contributed by atoms with Crippen molar-refractivity contribution in [2.24, 2.45) is 0 Å². The number of nitrogens with zero attached hydrogens (tertiary/aromatic N) is 5. The zero-order valence-corrected chi connectivity index (χ0v) is 18.8. The molecule has 1 fully saturated rings. The van der Waals surface area contributed by atoms with Crippen molar-refractivity contribution in [3.8, 4) is 23.3 Å². The van der Waals surface area contributed by atoms with Crippen molar-refractivity contribution in [3.63, 3.8) is 0 Å². The summed E-state index contributed by atoms with van der Waals surface area (Å²) in [5.41, 5.74) is 4.09. The van der Waals surface area contributed by atoms with Gasteiger partial charge in [0.25, 0.3) is 5.91 Å². The van der Waals surface area contributed by atoms with E-state index in [1.54, 1.807) is 0 Å². The van der Waals surface area contributed by atoms with Crippen LogP contribution in [-0.4, -0.2) is 81.7 Å². The number of rotatable bonds is 7. The number of benzene rings is 1. The van der Waals surface area contributed by atoms with Gasteiger partial charge >= 0.3 is 0 Å². The van der Waals surface area contributed by atoms with E-state index in [4.69, 9.17) is 14.2 Å². The van der Waals surface area contributed by atoms with Crippen LogP contribution in [0.3, 0.4) is 0 Å². The standard InChI is InChI=1S/C22H24N8O4/c1-32-18-10-14(22(33-2)29-27-18)21(31)26-17-11-23-28-19(17)20-24-15-4-3-13(9-16(15)25-20)12-30-5-7-34-8-6-30/h3-4,9-11H,5-8,12H2,1-2H3,(H,23,28)(H,24,25)(H,26,31). The fourth-order valence-electron chi connectivity index (χ4n) is 3.82. The fraction of sp³-hybridized carbons (Fsp3) is 0.318. The van der Waals surface area contributed by atoms with Crippen LogP contribution in [-0.2, 0) is 11.3 Å². The van der Waals surface area contributed by atoms with Gasteiger partial charge in [-0.1, -0.05) is 6.07 Å². The van der Waals surface area contributed by atoms with E-state index in [2.05, 4.69) is 52.7 Å². The van der Waals surface area contributed by atoms with Gasteiger partial charge in [-0.05, 0) is 17.7 Å². The summed E-state index contributed by atoms with van der Waals surface area (Å²) in [6.45, 7) is 4.22. The Hall–Kier alpha value is -4.03. The van der Waals surface area contributed by atoms with E-state index in [0.717, 1.165) is 43.9 Å². The van der Waals surface area contributed by atoms with E-state index in [-0.39, 0.29) is 17.3 Å². The maximum Gasteiger partial charge on any atom is 0.261 e. The first kappa shape index (κ1) is 21.8. The van der Waals surface area contributed by atoms with Gasteiger partial charge in [-0.2, -0.15) is 5.10 Å². The topological polar surface area (TPSA) is 143 Å². The van der Waals surface area contributed by atoms with Gasteiger partial charge < -0.3 is 24.5 Å². The molecule has 0 spiro atoms. The van der Waals surface area contributed by atoms with Crippen LogP contribution in [0.15, 0.2) is 30.5 Å². The number of carbonyl (C=O) groups is 1. The number of nitrogens with one attached hydrogen (secondary N) is 3. The van der Waals surface area contributed by atoms with Crippen LogP contribution in [0.2, 0.25) is 0 Å². The molecule has 1 aliphatic heterocycles. The lowest BCUT2D eigenvalue weighted by Gasteiger charge is -2.26. The number of hydrogen-bond acceptors (Lipinski definition) is 9. The van der Waals surface area contributed by atoms with E-state index in [1.165, 1.54) is 32.0 Å². The van der Waals surface area contributed by atoms with Gasteiger partial charge in [0.2, 0.25) is 11.8 Å². The van der Waals surface area contributed by atoms with Crippen molar-refractivity contribution in [1.29, 1.82) is 0 Å². The van der Waals surface area contributed by atoms with E-state index in [0.29, 0.717) is 17.2 Å². The zero-order chi connectivity index (χ0) is 23.5. The molecule has 0 radical (unpaired) electrons. The van der Waals surface area contributed by atoms with Crippen LogP contribution in [0, 0.1) is 0 Å². The molecule has 4 heterocycles. The SMILES string of the molecule is COc1cc(C(=O)Nc2cn[nH]c2-c2nc3ccc(CN4CCOCC4)cc3[nH]2)c(OC)nn1. The molecule has 12 heteroatoms. The van der Waals surface area contributed by atoms with E-state index < -0.39 is 5.91 Å². The molecule has 0 atom stereocenters. The number of aromatic amines is 2. The van der Waals surface area contributed by atoms with Gasteiger partial charge in [-0.3, -0.25) is 14.8 Å². The normalized spacial score (nSPS) is 14.3. The second-order valence-corrected chi connectivity index (χ2v) is 7.75. The molecule has 3 N–H and O–H groups in total. The highest BCUT2D eigenvalue weighted by molar-refractivity contribution is 6.07. The Morgan fingerprint density at radius 1 is 1.18 bits per heavy atom. The maximum absolute atomic E-state index is 12.9. The number of H-pyrrole nitrogens is 2. The highest BCUT2D eigenvalue weighted by Crippen LogP contribution is 2.27. The molecule has 1 amide bonds. The monoisotopic (exact) mass is 464 g/mol. The zero-order valence-electron chi connectivity index (χ0n) is 18.8. The molecule has 4 aromatic rings. The molecule has 34 heavy (non-hydrogen) atoms. The van der Waals surface area contributed by atoms with Gasteiger partial charge in [0.15, 0.2) is 5.82 Å². The van der Waals surface area contributed by atoms with Crippen molar-refractivity contribution in [3.05, 3.63) is 41.6 Å². The van der Waals surface area contributed by atoms with Crippen molar-refractivity contribution in [2.75, 3.05) is 45.8 Å². The third-order valence-corrected chi connectivity index (χ3v) is 5.57. The lowest BCUT2D eigenvalue weighted by Crippen LogP contribution is -2.35. The Labute approximate surface area is 194 Å². The molecule has 12 nitrogen and oxygen atoms in total. The van der Waals surface area contributed by atoms with Crippen molar-refractivity contribution >= 4 is 22.6 Å². The van der Waals surface area contributed by atoms with Gasteiger partial charge in [-0.25, -0.2) is 4.98 Å². The Bertz CT molecular complexity index is 1310. The number of fused-ring (bicyclic) bond motifs is 1. The summed E-state index contributed by atoms with van der Waals surface area (Å²) in [5.74, 6) is 0.392. The Morgan fingerprint density at radius 3 is 2.82 bits per heavy atom. The summed E-state index contributed by atoms with van der Waals surface area (Å²) in [6.07, 6.45) is 1.52. The van der Waals surface area contributed by atoms with Crippen LogP contribution < -0.4 is 14.8 Å². The lowest BCUT2D eigenvalue weighted by atomic mass is 10.2. The molecule has 0 unspecified atom stereocenters. The molecule has 1 aliphatic rings. The summed E-state index contributed by atoms with van der Waals surface area (Å²) in [6, 6.07) is 7.61. The number of ether oxygens (including phenoxy) is 3. The van der Waals surface area contributed by atoms with Gasteiger partial charge in [0, 0.05) is 25.7 Å². The summed E-state index contributed by atoms with van der Waals surface area (Å²) in [7, 11) is 2.86. The molecule has 1 saturated heterocycles. The predicted octanol–water partition coefficient (Wildman–Crippen LogP) is 1.84. The Kier molecular flexibility index (Phi) is 6.06. The average molecular weight is 464 g/mol. The minimum absolute atomic E-state index is 0.0832. The highest BCUT2D eigenvalue weighted by Gasteiger charge is 2.20. The number of morpholine rings is 1. The van der Waals surface area contributed by atoms with Gasteiger partial charge in [0.1, 0.15) is 11.3 Å². The molecule has 3 aromatic heterocycles. The second kappa shape index (κ2) is 9.45. The van der Waals surface area contributed by atoms with Gasteiger partial charge in [-0.15, -0.1) is 10.2 Å². The average Bonchev–Trinajstić information content (AvgIpc) is 3.50. The van der Waals surface area contributed by atoms with E-state index >= 15 is 0 Å². The van der Waals surface area contributed by atoms with Crippen LogP contribution in [0.4, 0.5) is 5.69 Å². The fourth-order valence-corrected chi connectivity index (χ4v) is 3.82. The van der Waals surface area contributed by atoms with Crippen molar-refractivity contribution in [2.45, 2.75) is 6.54 Å². The molecule has 0 bridgehead atoms. The van der Waals surface area contributed by atoms with Crippen LogP contribution >= 0.6 is 0 Å². The molecule has 0 saturated carbocycles. The molecule has 176 valence electrons. The molecule has 5 rings (SSSR count). The minimum Gasteiger partial charge on any atom is -0.480 e. The number of hydrogen-bond donors (Lipinski definition) is 3. The number of aromatic nitrogens is 6. The summed E-state index contributed by atoms with van der Waals surface area (Å²) in [5, 5.41) is 17.5. The largest absolute Gasteiger partial charge is 0.480 e. The summed E-state index contributed by atoms with van der Waals surface area (Å²) < 4.78 is 15.7. The van der Waals surface area contributed by atoms with Crippen LogP contribution in [0.1, 0.15) is 15.9 Å². The maximum atomic E-state index is 12.9. The third kappa shape index (κ3) is 4.40. The minimum atomic E-state index is -0.448. The van der Waals surface area contributed by atoms with E-state index in [9.17, 15) is 4.79 Å². The highest BCUT2D eigenvalue weighted by atomic mass is 16.5. The second-order valence-electron chi connectivity index (χ2n) is 7.75. The third-order valence-electron chi connectivity index (χ3n) is 5.57. The smallest absolute Gasteiger partial charge is 0.261 e. The quantitative estimate of drug-likeness (QED) is 0.373. The molecular formula is C22H24N8O4. The number of anilines is 1.